The predicted molar refractivity (Wildman–Crippen MR) is 129 cm³/mol. The van der Waals surface area contributed by atoms with Crippen LogP contribution >= 0.6 is 0 Å². The number of aromatic nitrogens is 3. The number of para-hydroxylation sites is 1. The first kappa shape index (κ1) is 22.4. The van der Waals surface area contributed by atoms with Crippen molar-refractivity contribution in [2.75, 3.05) is 23.4 Å². The van der Waals surface area contributed by atoms with Crippen LogP contribution in [-0.4, -0.2) is 46.0 Å². The van der Waals surface area contributed by atoms with Crippen LogP contribution in [0.25, 0.3) is 10.9 Å². The number of nitrogens with one attached hydrogen (secondary N) is 1. The maximum absolute atomic E-state index is 13.8. The number of carbonyl (C=O) groups excluding carboxylic acids is 1. The molecule has 0 spiro atoms. The molecule has 1 amide bonds. The van der Waals surface area contributed by atoms with Gasteiger partial charge < -0.3 is 15.0 Å². The highest BCUT2D eigenvalue weighted by Crippen LogP contribution is 2.35. The Labute approximate surface area is 202 Å². The standard InChI is InChI=1S/C26H29F2N5O2/c1-15-5-8-17(9-6-15)33-13-21(24(31-33)25(27)28)29-26(34)20-4-2-3-16-7-10-22(30-23(16)20)32-12-19-11-18(32)14-35-19/h2-4,7,10,13,15,17-19,25H,5-6,8-9,11-12,14H2,1H3,(H,29,34)/t15?,17?,18-,19-/m0/s1. The van der Waals surface area contributed by atoms with Crippen LogP contribution in [0.3, 0.4) is 0 Å². The molecule has 1 aromatic carbocycles. The summed E-state index contributed by atoms with van der Waals surface area (Å²) in [6.45, 7) is 3.68. The third kappa shape index (κ3) is 4.16. The van der Waals surface area contributed by atoms with Crippen LogP contribution in [0.15, 0.2) is 36.5 Å². The van der Waals surface area contributed by atoms with E-state index in [1.807, 2.05) is 18.2 Å². The second-order valence-electron chi connectivity index (χ2n) is 10.1. The van der Waals surface area contributed by atoms with Crippen LogP contribution in [0.5, 0.6) is 0 Å². The summed E-state index contributed by atoms with van der Waals surface area (Å²) in [7, 11) is 0. The van der Waals surface area contributed by atoms with E-state index >= 15 is 0 Å². The third-order valence-corrected chi connectivity index (χ3v) is 7.72. The first-order valence-corrected chi connectivity index (χ1v) is 12.4. The lowest BCUT2D eigenvalue weighted by Crippen LogP contribution is -2.37. The fourth-order valence-corrected chi connectivity index (χ4v) is 5.71. The second kappa shape index (κ2) is 8.86. The number of alkyl halides is 2. The molecule has 1 aliphatic carbocycles. The van der Waals surface area contributed by atoms with Gasteiger partial charge in [0.1, 0.15) is 5.82 Å². The monoisotopic (exact) mass is 481 g/mol. The summed E-state index contributed by atoms with van der Waals surface area (Å²) in [6, 6.07) is 9.66. The number of hydrogen-bond donors (Lipinski definition) is 1. The number of nitrogens with zero attached hydrogens (tertiary/aromatic N) is 4. The molecule has 3 fully saturated rings. The van der Waals surface area contributed by atoms with E-state index in [0.29, 0.717) is 29.6 Å². The Morgan fingerprint density at radius 1 is 1.14 bits per heavy atom. The Morgan fingerprint density at radius 3 is 2.69 bits per heavy atom. The molecule has 9 heteroatoms. The highest BCUT2D eigenvalue weighted by molar-refractivity contribution is 6.12. The Kier molecular flexibility index (Phi) is 5.67. The number of carbonyl (C=O) groups is 1. The van der Waals surface area contributed by atoms with E-state index in [-0.39, 0.29) is 23.5 Å². The first-order valence-electron chi connectivity index (χ1n) is 12.4. The average molecular weight is 482 g/mol. The molecule has 2 aromatic heterocycles. The summed E-state index contributed by atoms with van der Waals surface area (Å²) in [4.78, 5) is 20.4. The number of benzene rings is 1. The van der Waals surface area contributed by atoms with Crippen molar-refractivity contribution in [1.82, 2.24) is 14.8 Å². The van der Waals surface area contributed by atoms with E-state index in [4.69, 9.17) is 9.72 Å². The zero-order valence-corrected chi connectivity index (χ0v) is 19.7. The van der Waals surface area contributed by atoms with Crippen molar-refractivity contribution in [3.05, 3.63) is 47.8 Å². The summed E-state index contributed by atoms with van der Waals surface area (Å²) < 4.78 is 35.0. The number of anilines is 2. The van der Waals surface area contributed by atoms with E-state index in [1.165, 1.54) is 0 Å². The SMILES string of the molecule is CC1CCC(n2cc(NC(=O)c3cccc4ccc(N5C[C@@H]6C[C@H]5CO6)nc34)c(C(F)F)n2)CC1. The molecular formula is C26H29F2N5O2. The number of pyridine rings is 1. The summed E-state index contributed by atoms with van der Waals surface area (Å²) >= 11 is 0. The number of halogens is 2. The van der Waals surface area contributed by atoms with Gasteiger partial charge in [-0.15, -0.1) is 0 Å². The van der Waals surface area contributed by atoms with Crippen LogP contribution in [0.2, 0.25) is 0 Å². The molecular weight excluding hydrogens is 452 g/mol. The van der Waals surface area contributed by atoms with Gasteiger partial charge in [-0.25, -0.2) is 13.8 Å². The molecule has 4 heterocycles. The normalized spacial score (nSPS) is 26.1. The van der Waals surface area contributed by atoms with E-state index in [9.17, 15) is 13.6 Å². The van der Waals surface area contributed by atoms with Crippen molar-refractivity contribution >= 4 is 28.3 Å². The van der Waals surface area contributed by atoms with E-state index < -0.39 is 12.3 Å². The minimum absolute atomic E-state index is 0.0609. The fraction of sp³-hybridized carbons (Fsp3) is 0.500. The van der Waals surface area contributed by atoms with Gasteiger partial charge >= 0.3 is 0 Å². The summed E-state index contributed by atoms with van der Waals surface area (Å²) in [5.41, 5.74) is 0.576. The maximum Gasteiger partial charge on any atom is 0.284 e. The molecule has 184 valence electrons. The molecule has 2 bridgehead atoms. The van der Waals surface area contributed by atoms with Crippen molar-refractivity contribution in [3.8, 4) is 0 Å². The van der Waals surface area contributed by atoms with Crippen LogP contribution in [-0.2, 0) is 4.74 Å². The molecule has 35 heavy (non-hydrogen) atoms. The van der Waals surface area contributed by atoms with E-state index in [1.54, 1.807) is 23.0 Å². The Morgan fingerprint density at radius 2 is 1.97 bits per heavy atom. The minimum Gasteiger partial charge on any atom is -0.374 e. The smallest absolute Gasteiger partial charge is 0.284 e. The molecule has 2 saturated heterocycles. The molecule has 0 radical (unpaired) electrons. The van der Waals surface area contributed by atoms with Gasteiger partial charge in [-0.3, -0.25) is 9.48 Å². The van der Waals surface area contributed by atoms with Gasteiger partial charge in [0.25, 0.3) is 12.3 Å². The second-order valence-corrected chi connectivity index (χ2v) is 10.1. The molecule has 3 aliphatic rings. The molecule has 1 saturated carbocycles. The number of rotatable bonds is 5. The summed E-state index contributed by atoms with van der Waals surface area (Å²) in [6.07, 6.45) is 3.89. The quantitative estimate of drug-likeness (QED) is 0.532. The first-order chi connectivity index (χ1) is 17.0. The van der Waals surface area contributed by atoms with Crippen LogP contribution in [0.1, 0.15) is 67.5 Å². The molecule has 7 nitrogen and oxygen atoms in total. The lowest BCUT2D eigenvalue weighted by molar-refractivity contribution is 0.0988. The van der Waals surface area contributed by atoms with Gasteiger partial charge in [-0.2, -0.15) is 5.10 Å². The number of fused-ring (bicyclic) bond motifs is 3. The van der Waals surface area contributed by atoms with Crippen molar-refractivity contribution in [2.24, 2.45) is 5.92 Å². The van der Waals surface area contributed by atoms with Crippen molar-refractivity contribution in [1.29, 1.82) is 0 Å². The lowest BCUT2D eigenvalue weighted by Gasteiger charge is -2.28. The van der Waals surface area contributed by atoms with Crippen LogP contribution < -0.4 is 10.2 Å². The van der Waals surface area contributed by atoms with Gasteiger partial charge in [0.2, 0.25) is 0 Å². The number of morpholine rings is 1. The van der Waals surface area contributed by atoms with Gasteiger partial charge in [-0.05, 0) is 56.2 Å². The average Bonchev–Trinajstić information content (AvgIpc) is 3.60. The number of amides is 1. The minimum atomic E-state index is -2.78. The zero-order chi connectivity index (χ0) is 24.1. The maximum atomic E-state index is 13.8. The number of ether oxygens (including phenoxy) is 1. The third-order valence-electron chi connectivity index (χ3n) is 7.72. The molecule has 3 aromatic rings. The van der Waals surface area contributed by atoms with Crippen molar-refractivity contribution in [3.63, 3.8) is 0 Å². The Balaban J connectivity index is 1.29. The Hall–Kier alpha value is -3.07. The summed E-state index contributed by atoms with van der Waals surface area (Å²) in [5.74, 6) is 0.981. The molecule has 0 unspecified atom stereocenters. The molecule has 1 N–H and O–H groups in total. The fourth-order valence-electron chi connectivity index (χ4n) is 5.71. The molecule has 2 aliphatic heterocycles. The van der Waals surface area contributed by atoms with Crippen molar-refractivity contribution in [2.45, 2.75) is 63.6 Å². The van der Waals surface area contributed by atoms with Crippen molar-refractivity contribution < 1.29 is 18.3 Å². The zero-order valence-electron chi connectivity index (χ0n) is 19.7. The van der Waals surface area contributed by atoms with E-state index in [2.05, 4.69) is 22.2 Å². The molecule has 6 rings (SSSR count). The largest absolute Gasteiger partial charge is 0.374 e. The van der Waals surface area contributed by atoms with Gasteiger partial charge in [0, 0.05) is 18.1 Å². The Bertz CT molecular complexity index is 1250. The summed E-state index contributed by atoms with van der Waals surface area (Å²) in [5, 5.41) is 7.70. The highest BCUT2D eigenvalue weighted by atomic mass is 19.3. The predicted octanol–water partition coefficient (Wildman–Crippen LogP) is 5.35. The highest BCUT2D eigenvalue weighted by Gasteiger charge is 2.39. The van der Waals surface area contributed by atoms with Crippen LogP contribution in [0, 0.1) is 5.92 Å². The van der Waals surface area contributed by atoms with Gasteiger partial charge in [0.15, 0.2) is 5.69 Å². The van der Waals surface area contributed by atoms with E-state index in [0.717, 1.165) is 49.9 Å². The topological polar surface area (TPSA) is 72.3 Å². The molecule has 2 atom stereocenters. The van der Waals surface area contributed by atoms with Gasteiger partial charge in [-0.1, -0.05) is 19.1 Å². The van der Waals surface area contributed by atoms with Crippen LogP contribution in [0.4, 0.5) is 20.3 Å². The lowest BCUT2D eigenvalue weighted by atomic mass is 9.87. The van der Waals surface area contributed by atoms with Gasteiger partial charge in [0.05, 0.1) is 41.6 Å². The number of hydrogen-bond acceptors (Lipinski definition) is 5.